The Morgan fingerprint density at radius 3 is 2.91 bits per heavy atom. The fourth-order valence-electron chi connectivity index (χ4n) is 1.97. The van der Waals surface area contributed by atoms with E-state index in [9.17, 15) is 4.79 Å². The number of nitrogens with zero attached hydrogens (tertiary/aromatic N) is 4. The van der Waals surface area contributed by atoms with E-state index in [4.69, 9.17) is 0 Å². The summed E-state index contributed by atoms with van der Waals surface area (Å²) in [6.07, 6.45) is 7.15. The van der Waals surface area contributed by atoms with Crippen LogP contribution in [0.1, 0.15) is 0 Å². The molecule has 0 atom stereocenters. The van der Waals surface area contributed by atoms with Gasteiger partial charge >= 0.3 is 0 Å². The van der Waals surface area contributed by atoms with Crippen molar-refractivity contribution in [1.29, 1.82) is 0 Å². The van der Waals surface area contributed by atoms with E-state index in [2.05, 4.69) is 15.4 Å². The van der Waals surface area contributed by atoms with Gasteiger partial charge in [0, 0.05) is 37.5 Å². The van der Waals surface area contributed by atoms with Crippen molar-refractivity contribution >= 4 is 23.4 Å². The van der Waals surface area contributed by atoms with Crippen LogP contribution in [0.15, 0.2) is 60.3 Å². The van der Waals surface area contributed by atoms with Crippen molar-refractivity contribution in [2.45, 2.75) is 5.16 Å². The predicted molar refractivity (Wildman–Crippen MR) is 86.1 cm³/mol. The minimum atomic E-state index is -0.0642. The second-order valence-electron chi connectivity index (χ2n) is 4.66. The van der Waals surface area contributed by atoms with Crippen molar-refractivity contribution in [2.24, 2.45) is 7.05 Å². The summed E-state index contributed by atoms with van der Waals surface area (Å²) in [4.78, 5) is 16.2. The maximum atomic E-state index is 12.0. The molecule has 0 spiro atoms. The number of amides is 1. The number of nitrogens with one attached hydrogen (secondary N) is 1. The Hall–Kier alpha value is -2.54. The minimum Gasteiger partial charge on any atom is -0.329 e. The van der Waals surface area contributed by atoms with Crippen LogP contribution in [0.3, 0.4) is 0 Å². The molecule has 0 radical (unpaired) electrons. The third-order valence-corrected chi connectivity index (χ3v) is 4.07. The largest absolute Gasteiger partial charge is 0.329 e. The lowest BCUT2D eigenvalue weighted by molar-refractivity contribution is -0.113. The van der Waals surface area contributed by atoms with E-state index in [1.165, 1.54) is 11.8 Å². The number of thioether (sulfide) groups is 1. The van der Waals surface area contributed by atoms with Crippen LogP contribution in [0.4, 0.5) is 5.69 Å². The van der Waals surface area contributed by atoms with Crippen LogP contribution in [0.25, 0.3) is 5.69 Å². The molecule has 22 heavy (non-hydrogen) atoms. The SMILES string of the molecule is Cn1ccnc1SCC(=O)Nc1cccc(-n2cccn2)c1. The third-order valence-electron chi connectivity index (χ3n) is 3.01. The summed E-state index contributed by atoms with van der Waals surface area (Å²) in [5, 5.41) is 7.88. The summed E-state index contributed by atoms with van der Waals surface area (Å²) in [5.41, 5.74) is 1.65. The molecule has 0 saturated carbocycles. The van der Waals surface area contributed by atoms with Gasteiger partial charge < -0.3 is 9.88 Å². The van der Waals surface area contributed by atoms with E-state index in [1.54, 1.807) is 17.1 Å². The molecule has 3 rings (SSSR count). The standard InChI is InChI=1S/C15H15N5OS/c1-19-9-7-16-15(19)22-11-14(21)18-12-4-2-5-13(10-12)20-8-3-6-17-20/h2-10H,11H2,1H3,(H,18,21). The van der Waals surface area contributed by atoms with Crippen molar-refractivity contribution in [3.63, 3.8) is 0 Å². The number of benzene rings is 1. The predicted octanol–water partition coefficient (Wildman–Crippen LogP) is 2.34. The Balaban J connectivity index is 1.62. The molecule has 7 heteroatoms. The van der Waals surface area contributed by atoms with E-state index in [1.807, 2.05) is 54.3 Å². The highest BCUT2D eigenvalue weighted by molar-refractivity contribution is 7.99. The summed E-state index contributed by atoms with van der Waals surface area (Å²) in [6, 6.07) is 9.42. The zero-order valence-electron chi connectivity index (χ0n) is 12.0. The van der Waals surface area contributed by atoms with Gasteiger partial charge in [0.15, 0.2) is 5.16 Å². The lowest BCUT2D eigenvalue weighted by Crippen LogP contribution is -2.14. The summed E-state index contributed by atoms with van der Waals surface area (Å²) in [5.74, 6) is 0.252. The molecule has 0 saturated heterocycles. The first-order valence-electron chi connectivity index (χ1n) is 6.72. The number of anilines is 1. The molecule has 3 aromatic rings. The van der Waals surface area contributed by atoms with E-state index < -0.39 is 0 Å². The first-order chi connectivity index (χ1) is 10.7. The van der Waals surface area contributed by atoms with Crippen molar-refractivity contribution in [1.82, 2.24) is 19.3 Å². The van der Waals surface area contributed by atoms with Gasteiger partial charge in [0.05, 0.1) is 11.4 Å². The van der Waals surface area contributed by atoms with Crippen LogP contribution in [0.2, 0.25) is 0 Å². The van der Waals surface area contributed by atoms with Gasteiger partial charge in [0.2, 0.25) is 5.91 Å². The Labute approximate surface area is 132 Å². The monoisotopic (exact) mass is 313 g/mol. The van der Waals surface area contributed by atoms with Gasteiger partial charge in [-0.1, -0.05) is 17.8 Å². The van der Waals surface area contributed by atoms with Gasteiger partial charge in [0.1, 0.15) is 0 Å². The Morgan fingerprint density at radius 2 is 2.18 bits per heavy atom. The minimum absolute atomic E-state index is 0.0642. The molecule has 1 aromatic carbocycles. The highest BCUT2D eigenvalue weighted by Crippen LogP contribution is 2.17. The third kappa shape index (κ3) is 3.37. The maximum Gasteiger partial charge on any atom is 0.234 e. The Bertz CT molecular complexity index is 766. The van der Waals surface area contributed by atoms with E-state index >= 15 is 0 Å². The van der Waals surface area contributed by atoms with Gasteiger partial charge in [-0.3, -0.25) is 4.79 Å². The summed E-state index contributed by atoms with van der Waals surface area (Å²) >= 11 is 1.41. The molecule has 2 heterocycles. The number of aryl methyl sites for hydroxylation is 1. The fourth-order valence-corrected chi connectivity index (χ4v) is 2.70. The first kappa shape index (κ1) is 14.4. The van der Waals surface area contributed by atoms with Crippen LogP contribution in [-0.4, -0.2) is 31.0 Å². The molecular formula is C15H15N5OS. The Kier molecular flexibility index (Phi) is 4.24. The van der Waals surface area contributed by atoms with Gasteiger partial charge in [-0.2, -0.15) is 5.10 Å². The quantitative estimate of drug-likeness (QED) is 0.734. The van der Waals surface area contributed by atoms with E-state index in [0.29, 0.717) is 5.75 Å². The number of carbonyl (C=O) groups is 1. The zero-order valence-corrected chi connectivity index (χ0v) is 12.8. The number of hydrogen-bond donors (Lipinski definition) is 1. The van der Waals surface area contributed by atoms with Crippen LogP contribution < -0.4 is 5.32 Å². The normalized spacial score (nSPS) is 10.6. The molecule has 2 aromatic heterocycles. The fraction of sp³-hybridized carbons (Fsp3) is 0.133. The lowest BCUT2D eigenvalue weighted by atomic mass is 10.3. The molecule has 0 fully saturated rings. The lowest BCUT2D eigenvalue weighted by Gasteiger charge is -2.07. The topological polar surface area (TPSA) is 64.7 Å². The maximum absolute atomic E-state index is 12.0. The van der Waals surface area contributed by atoms with Gasteiger partial charge in [0.25, 0.3) is 0 Å². The zero-order chi connectivity index (χ0) is 15.4. The Morgan fingerprint density at radius 1 is 1.27 bits per heavy atom. The molecule has 112 valence electrons. The molecular weight excluding hydrogens is 298 g/mol. The van der Waals surface area contributed by atoms with Crippen LogP contribution >= 0.6 is 11.8 Å². The highest BCUT2D eigenvalue weighted by Gasteiger charge is 2.07. The molecule has 0 aliphatic rings. The second kappa shape index (κ2) is 6.48. The van der Waals surface area contributed by atoms with Gasteiger partial charge in [-0.05, 0) is 24.3 Å². The number of hydrogen-bond acceptors (Lipinski definition) is 4. The van der Waals surface area contributed by atoms with Crippen LogP contribution in [0, 0.1) is 0 Å². The average Bonchev–Trinajstić information content (AvgIpc) is 3.17. The molecule has 0 unspecified atom stereocenters. The number of rotatable bonds is 5. The molecule has 1 N–H and O–H groups in total. The molecule has 0 bridgehead atoms. The van der Waals surface area contributed by atoms with Crippen molar-refractivity contribution in [3.8, 4) is 5.69 Å². The summed E-state index contributed by atoms with van der Waals surface area (Å²) in [7, 11) is 1.90. The van der Waals surface area contributed by atoms with Crippen LogP contribution in [-0.2, 0) is 11.8 Å². The van der Waals surface area contributed by atoms with Crippen molar-refractivity contribution in [3.05, 3.63) is 55.1 Å². The molecule has 0 aliphatic carbocycles. The van der Waals surface area contributed by atoms with Gasteiger partial charge in [-0.15, -0.1) is 0 Å². The summed E-state index contributed by atoms with van der Waals surface area (Å²) < 4.78 is 3.63. The second-order valence-corrected chi connectivity index (χ2v) is 5.60. The van der Waals surface area contributed by atoms with Crippen molar-refractivity contribution < 1.29 is 4.79 Å². The van der Waals surface area contributed by atoms with Crippen molar-refractivity contribution in [2.75, 3.05) is 11.1 Å². The molecule has 6 nitrogen and oxygen atoms in total. The number of imidazole rings is 1. The van der Waals surface area contributed by atoms with E-state index in [-0.39, 0.29) is 5.91 Å². The highest BCUT2D eigenvalue weighted by atomic mass is 32.2. The molecule has 1 amide bonds. The van der Waals surface area contributed by atoms with Gasteiger partial charge in [-0.25, -0.2) is 9.67 Å². The first-order valence-corrected chi connectivity index (χ1v) is 7.71. The summed E-state index contributed by atoms with van der Waals surface area (Å²) in [6.45, 7) is 0. The smallest absolute Gasteiger partial charge is 0.234 e. The average molecular weight is 313 g/mol. The molecule has 0 aliphatic heterocycles. The van der Waals surface area contributed by atoms with E-state index in [0.717, 1.165) is 16.5 Å². The number of carbonyl (C=O) groups excluding carboxylic acids is 1. The number of aromatic nitrogens is 4. The van der Waals surface area contributed by atoms with Crippen LogP contribution in [0.5, 0.6) is 0 Å².